The monoisotopic (exact) mass is 309 g/mol. The number of benzene rings is 1. The van der Waals surface area contributed by atoms with Crippen molar-refractivity contribution < 1.29 is 8.42 Å². The average Bonchev–Trinajstić information content (AvgIpc) is 2.47. The Labute approximate surface area is 122 Å². The Morgan fingerprint density at radius 2 is 2.05 bits per heavy atom. The topological polar surface area (TPSA) is 71.1 Å². The first-order valence-electron chi connectivity index (χ1n) is 5.85. The first-order chi connectivity index (χ1) is 9.56. The molecular weight excluding hydrogens is 294 g/mol. The van der Waals surface area contributed by atoms with Crippen LogP contribution in [0.5, 0.6) is 0 Å². The largest absolute Gasteiger partial charge is 0.387 e. The number of rotatable bonds is 5. The van der Waals surface area contributed by atoms with E-state index in [1.807, 2.05) is 18.4 Å². The van der Waals surface area contributed by atoms with E-state index in [0.29, 0.717) is 11.4 Å². The molecule has 2 rings (SSSR count). The Morgan fingerprint density at radius 3 is 2.75 bits per heavy atom. The zero-order chi connectivity index (χ0) is 14.6. The van der Waals surface area contributed by atoms with Crippen molar-refractivity contribution in [3.05, 3.63) is 42.7 Å². The summed E-state index contributed by atoms with van der Waals surface area (Å²) in [6.45, 7) is 0. The standard InChI is InChI=1S/C13H15N3O2S2/c1-14-12-6-7-15-9-13(12)20(17,18)16-10-4-3-5-11(8-10)19-2/h3-9,16H,1-2H3,(H,14,15). The lowest BCUT2D eigenvalue weighted by Crippen LogP contribution is -2.15. The molecule has 0 saturated heterocycles. The summed E-state index contributed by atoms with van der Waals surface area (Å²) >= 11 is 1.55. The number of thioether (sulfide) groups is 1. The van der Waals surface area contributed by atoms with Crippen molar-refractivity contribution in [3.8, 4) is 0 Å². The number of hydrogen-bond donors (Lipinski definition) is 2. The van der Waals surface area contributed by atoms with Gasteiger partial charge in [-0.1, -0.05) is 6.07 Å². The normalized spacial score (nSPS) is 11.1. The predicted octanol–water partition coefficient (Wildman–Crippen LogP) is 2.65. The minimum Gasteiger partial charge on any atom is -0.387 e. The molecule has 0 unspecified atom stereocenters. The van der Waals surface area contributed by atoms with Crippen LogP contribution in [0.2, 0.25) is 0 Å². The molecule has 2 N–H and O–H groups in total. The Balaban J connectivity index is 2.35. The van der Waals surface area contributed by atoms with E-state index in [2.05, 4.69) is 15.0 Å². The molecule has 1 aromatic heterocycles. The van der Waals surface area contributed by atoms with Crippen LogP contribution in [0.1, 0.15) is 0 Å². The van der Waals surface area contributed by atoms with Crippen molar-refractivity contribution in [2.45, 2.75) is 9.79 Å². The molecule has 0 bridgehead atoms. The number of sulfonamides is 1. The van der Waals surface area contributed by atoms with Gasteiger partial charge >= 0.3 is 0 Å². The minimum atomic E-state index is -3.67. The highest BCUT2D eigenvalue weighted by atomic mass is 32.2. The van der Waals surface area contributed by atoms with Gasteiger partial charge in [-0.2, -0.15) is 0 Å². The number of nitrogens with one attached hydrogen (secondary N) is 2. The molecule has 0 fully saturated rings. The molecule has 106 valence electrons. The van der Waals surface area contributed by atoms with Crippen LogP contribution in [-0.2, 0) is 10.0 Å². The molecular formula is C13H15N3O2S2. The van der Waals surface area contributed by atoms with Gasteiger partial charge in [-0.15, -0.1) is 11.8 Å². The third kappa shape index (κ3) is 3.23. The first-order valence-corrected chi connectivity index (χ1v) is 8.56. The van der Waals surface area contributed by atoms with E-state index in [4.69, 9.17) is 0 Å². The molecule has 7 heteroatoms. The van der Waals surface area contributed by atoms with Crippen molar-refractivity contribution >= 4 is 33.2 Å². The maximum atomic E-state index is 12.4. The fourth-order valence-electron chi connectivity index (χ4n) is 1.70. The van der Waals surface area contributed by atoms with Gasteiger partial charge in [0.2, 0.25) is 0 Å². The van der Waals surface area contributed by atoms with Crippen molar-refractivity contribution in [2.75, 3.05) is 23.3 Å². The fraction of sp³-hybridized carbons (Fsp3) is 0.154. The van der Waals surface area contributed by atoms with Gasteiger partial charge in [0.25, 0.3) is 10.0 Å². The van der Waals surface area contributed by atoms with Crippen molar-refractivity contribution in [2.24, 2.45) is 0 Å². The van der Waals surface area contributed by atoms with E-state index in [1.165, 1.54) is 6.20 Å². The van der Waals surface area contributed by atoms with Crippen LogP contribution in [0, 0.1) is 0 Å². The van der Waals surface area contributed by atoms with Gasteiger partial charge < -0.3 is 5.32 Å². The lowest BCUT2D eigenvalue weighted by Gasteiger charge is -2.11. The highest BCUT2D eigenvalue weighted by Crippen LogP contribution is 2.24. The van der Waals surface area contributed by atoms with Gasteiger partial charge in [-0.25, -0.2) is 8.42 Å². The molecule has 0 aliphatic heterocycles. The second-order valence-corrected chi connectivity index (χ2v) is 6.49. The first kappa shape index (κ1) is 14.7. The summed E-state index contributed by atoms with van der Waals surface area (Å²) in [5, 5.41) is 2.85. The molecule has 0 amide bonds. The van der Waals surface area contributed by atoms with Gasteiger partial charge in [-0.3, -0.25) is 9.71 Å². The third-order valence-corrected chi connectivity index (χ3v) is 4.80. The van der Waals surface area contributed by atoms with Crippen LogP contribution in [0.4, 0.5) is 11.4 Å². The molecule has 5 nitrogen and oxygen atoms in total. The lowest BCUT2D eigenvalue weighted by atomic mass is 10.3. The number of anilines is 2. The maximum Gasteiger partial charge on any atom is 0.265 e. The molecule has 0 spiro atoms. The second kappa shape index (κ2) is 6.15. The Morgan fingerprint density at radius 1 is 1.25 bits per heavy atom. The lowest BCUT2D eigenvalue weighted by molar-refractivity contribution is 0.601. The minimum absolute atomic E-state index is 0.122. The number of pyridine rings is 1. The molecule has 2 aromatic rings. The van der Waals surface area contributed by atoms with Crippen LogP contribution in [-0.4, -0.2) is 26.7 Å². The molecule has 0 saturated carbocycles. The molecule has 0 aliphatic rings. The summed E-state index contributed by atoms with van der Waals surface area (Å²) in [6.07, 6.45) is 4.81. The Kier molecular flexibility index (Phi) is 4.51. The van der Waals surface area contributed by atoms with Crippen LogP contribution >= 0.6 is 11.8 Å². The molecule has 0 aliphatic carbocycles. The average molecular weight is 309 g/mol. The number of aromatic nitrogens is 1. The Bertz CT molecular complexity index is 702. The summed E-state index contributed by atoms with van der Waals surface area (Å²) < 4.78 is 27.3. The van der Waals surface area contributed by atoms with Crippen molar-refractivity contribution in [3.63, 3.8) is 0 Å². The molecule has 1 heterocycles. The summed E-state index contributed by atoms with van der Waals surface area (Å²) in [4.78, 5) is 4.98. The van der Waals surface area contributed by atoms with E-state index < -0.39 is 10.0 Å². The highest BCUT2D eigenvalue weighted by molar-refractivity contribution is 7.98. The smallest absolute Gasteiger partial charge is 0.265 e. The fourth-order valence-corrected chi connectivity index (χ4v) is 3.36. The van der Waals surface area contributed by atoms with Gasteiger partial charge in [-0.05, 0) is 30.5 Å². The van der Waals surface area contributed by atoms with Gasteiger partial charge in [0.05, 0.1) is 5.69 Å². The summed E-state index contributed by atoms with van der Waals surface area (Å²) in [7, 11) is -2.00. The molecule has 0 radical (unpaired) electrons. The third-order valence-electron chi connectivity index (χ3n) is 2.67. The van der Waals surface area contributed by atoms with Gasteiger partial charge in [0.1, 0.15) is 4.90 Å². The zero-order valence-corrected chi connectivity index (χ0v) is 12.8. The quantitative estimate of drug-likeness (QED) is 0.831. The van der Waals surface area contributed by atoms with Crippen molar-refractivity contribution in [1.82, 2.24) is 4.98 Å². The molecule has 20 heavy (non-hydrogen) atoms. The van der Waals surface area contributed by atoms with E-state index in [0.717, 1.165) is 4.90 Å². The van der Waals surface area contributed by atoms with E-state index in [1.54, 1.807) is 43.2 Å². The summed E-state index contributed by atoms with van der Waals surface area (Å²) in [5.41, 5.74) is 1.04. The maximum absolute atomic E-state index is 12.4. The van der Waals surface area contributed by atoms with Gasteiger partial charge in [0.15, 0.2) is 0 Å². The van der Waals surface area contributed by atoms with Crippen LogP contribution < -0.4 is 10.0 Å². The van der Waals surface area contributed by atoms with E-state index >= 15 is 0 Å². The van der Waals surface area contributed by atoms with Gasteiger partial charge in [0, 0.05) is 30.0 Å². The number of nitrogens with zero attached hydrogens (tertiary/aromatic N) is 1. The predicted molar refractivity (Wildman–Crippen MR) is 82.8 cm³/mol. The van der Waals surface area contributed by atoms with E-state index in [9.17, 15) is 8.42 Å². The molecule has 1 aromatic carbocycles. The summed E-state index contributed by atoms with van der Waals surface area (Å²) in [6, 6.07) is 8.86. The van der Waals surface area contributed by atoms with Crippen LogP contribution in [0.25, 0.3) is 0 Å². The second-order valence-electron chi connectivity index (χ2n) is 3.96. The van der Waals surface area contributed by atoms with Crippen molar-refractivity contribution in [1.29, 1.82) is 0 Å². The zero-order valence-electron chi connectivity index (χ0n) is 11.1. The van der Waals surface area contributed by atoms with Crippen LogP contribution in [0.15, 0.2) is 52.5 Å². The Hall–Kier alpha value is -1.73. The summed E-state index contributed by atoms with van der Waals surface area (Å²) in [5.74, 6) is 0. The van der Waals surface area contributed by atoms with Crippen LogP contribution in [0.3, 0.4) is 0 Å². The van der Waals surface area contributed by atoms with E-state index in [-0.39, 0.29) is 4.90 Å². The molecule has 0 atom stereocenters. The number of hydrogen-bond acceptors (Lipinski definition) is 5. The SMILES string of the molecule is CNc1ccncc1S(=O)(=O)Nc1cccc(SC)c1. The highest BCUT2D eigenvalue weighted by Gasteiger charge is 2.18.